The fourth-order valence-electron chi connectivity index (χ4n) is 1.90. The molecule has 1 aromatic carbocycles. The quantitative estimate of drug-likeness (QED) is 0.292. The SMILES string of the molecule is O=S(=O)(Cl)C1=CCC(S)(S(=O)(=O)Cl)C(S(=O)(=O)Cl)=C1.O=S(=O)(Cl)c1ccc(S)cc1.[Na]. The predicted octanol–water partition coefficient (Wildman–Crippen LogP) is 3.01. The Bertz CT molecular complexity index is 1320. The van der Waals surface area contributed by atoms with Crippen molar-refractivity contribution in [2.24, 2.45) is 0 Å². The second kappa shape index (κ2) is 11.4. The molecule has 0 bridgehead atoms. The van der Waals surface area contributed by atoms with Crippen molar-refractivity contribution >= 4 is 134 Å². The molecule has 1 radical (unpaired) electrons. The summed E-state index contributed by atoms with van der Waals surface area (Å²) < 4.78 is 86.9. The first kappa shape index (κ1) is 32.4. The minimum Gasteiger partial charge on any atom is -0.210 e. The third-order valence-electron chi connectivity index (χ3n) is 3.30. The molecule has 2 rings (SSSR count). The molecule has 8 nitrogen and oxygen atoms in total. The largest absolute Gasteiger partial charge is 0.261 e. The molecule has 1 aliphatic rings. The van der Waals surface area contributed by atoms with Crippen molar-refractivity contribution in [1.29, 1.82) is 0 Å². The molecule has 1 unspecified atom stereocenters. The molecule has 0 spiro atoms. The first-order valence-electron chi connectivity index (χ1n) is 6.91. The topological polar surface area (TPSA) is 137 Å². The summed E-state index contributed by atoms with van der Waals surface area (Å²) >= 11 is 7.71. The van der Waals surface area contributed by atoms with Crippen molar-refractivity contribution in [2.75, 3.05) is 0 Å². The van der Waals surface area contributed by atoms with E-state index in [1.54, 1.807) is 12.1 Å². The Labute approximate surface area is 231 Å². The van der Waals surface area contributed by atoms with Crippen LogP contribution in [-0.2, 0) is 36.2 Å². The second-order valence-electron chi connectivity index (χ2n) is 5.35. The van der Waals surface area contributed by atoms with E-state index in [2.05, 4.69) is 25.3 Å². The molecule has 31 heavy (non-hydrogen) atoms. The minimum atomic E-state index is -4.58. The van der Waals surface area contributed by atoms with Gasteiger partial charge < -0.3 is 0 Å². The Balaban J connectivity index is 0.000000640. The second-order valence-corrected chi connectivity index (χ2v) is 17.4. The Morgan fingerprint density at radius 1 is 0.774 bits per heavy atom. The van der Waals surface area contributed by atoms with E-state index in [1.165, 1.54) is 12.1 Å². The van der Waals surface area contributed by atoms with Gasteiger partial charge in [0.15, 0.2) is 4.08 Å². The monoisotopic (exact) mass is 637 g/mol. The van der Waals surface area contributed by atoms with Gasteiger partial charge in [-0.15, -0.1) is 25.3 Å². The summed E-state index contributed by atoms with van der Waals surface area (Å²) in [5.74, 6) is 0. The third kappa shape index (κ3) is 9.15. The van der Waals surface area contributed by atoms with Crippen molar-refractivity contribution < 1.29 is 33.7 Å². The molecule has 19 heteroatoms. The fourth-order valence-corrected chi connectivity index (χ4v) is 7.65. The fraction of sp³-hybridized carbons (Fsp3) is 0.167. The number of hydrogen-bond acceptors (Lipinski definition) is 10. The Kier molecular flexibility index (Phi) is 11.9. The predicted molar refractivity (Wildman–Crippen MR) is 129 cm³/mol. The van der Waals surface area contributed by atoms with Gasteiger partial charge in [-0.05, 0) is 30.3 Å². The molecule has 1 aromatic rings. The zero-order valence-electron chi connectivity index (χ0n) is 15.0. The van der Waals surface area contributed by atoms with Crippen LogP contribution in [0.4, 0.5) is 0 Å². The number of benzene rings is 1. The van der Waals surface area contributed by atoms with E-state index in [0.717, 1.165) is 6.08 Å². The molecular formula is C12H10Cl4NaO8S6. The van der Waals surface area contributed by atoms with Crippen molar-refractivity contribution in [3.8, 4) is 0 Å². The Hall–Kier alpha value is 1.36. The molecule has 0 saturated heterocycles. The average Bonchev–Trinajstić information content (AvgIpc) is 2.52. The van der Waals surface area contributed by atoms with Crippen LogP contribution >= 0.6 is 68.0 Å². The van der Waals surface area contributed by atoms with Gasteiger partial charge in [-0.2, -0.15) is 0 Å². The summed E-state index contributed by atoms with van der Waals surface area (Å²) in [5.41, 5.74) is 0. The maximum absolute atomic E-state index is 11.4. The molecular weight excluding hydrogens is 629 g/mol. The van der Waals surface area contributed by atoms with Crippen LogP contribution in [0.3, 0.4) is 0 Å². The molecule has 1 atom stereocenters. The third-order valence-corrected chi connectivity index (χ3v) is 11.6. The number of hydrogen-bond donors (Lipinski definition) is 2. The Morgan fingerprint density at radius 3 is 1.55 bits per heavy atom. The summed E-state index contributed by atoms with van der Waals surface area (Å²) in [6.45, 7) is 0. The van der Waals surface area contributed by atoms with E-state index in [4.69, 9.17) is 42.7 Å². The van der Waals surface area contributed by atoms with E-state index < -0.39 is 56.5 Å². The van der Waals surface area contributed by atoms with Crippen molar-refractivity contribution in [1.82, 2.24) is 0 Å². The van der Waals surface area contributed by atoms with Crippen LogP contribution in [0.2, 0.25) is 0 Å². The molecule has 0 saturated carbocycles. The maximum Gasteiger partial charge on any atom is 0.261 e. The number of allylic oxidation sites excluding steroid dienone is 2. The van der Waals surface area contributed by atoms with Crippen LogP contribution in [0.1, 0.15) is 6.42 Å². The molecule has 0 aliphatic heterocycles. The molecule has 0 fully saturated rings. The number of halogens is 4. The zero-order chi connectivity index (χ0) is 23.8. The average molecular weight is 639 g/mol. The summed E-state index contributed by atoms with van der Waals surface area (Å²) in [6, 6.07) is 5.95. The van der Waals surface area contributed by atoms with Gasteiger partial charge in [-0.3, -0.25) is 0 Å². The van der Waals surface area contributed by atoms with Crippen molar-refractivity contribution in [3.05, 3.63) is 46.2 Å². The molecule has 1 aliphatic carbocycles. The summed E-state index contributed by atoms with van der Waals surface area (Å²) in [4.78, 5) is -0.772. The maximum atomic E-state index is 11.4. The first-order valence-corrected chi connectivity index (χ1v) is 17.0. The van der Waals surface area contributed by atoms with Crippen LogP contribution in [-0.4, -0.2) is 67.3 Å². The first-order chi connectivity index (χ1) is 13.2. The zero-order valence-corrected chi connectivity index (χ0v) is 25.1. The van der Waals surface area contributed by atoms with E-state index in [9.17, 15) is 33.7 Å². The van der Waals surface area contributed by atoms with Gasteiger partial charge in [0.25, 0.3) is 36.2 Å². The minimum absolute atomic E-state index is 0. The van der Waals surface area contributed by atoms with Crippen LogP contribution in [0.5, 0.6) is 0 Å². The Morgan fingerprint density at radius 2 is 1.23 bits per heavy atom. The van der Waals surface area contributed by atoms with Crippen LogP contribution in [0, 0.1) is 0 Å². The van der Waals surface area contributed by atoms with Crippen LogP contribution in [0.15, 0.2) is 56.0 Å². The van der Waals surface area contributed by atoms with Gasteiger partial charge in [0, 0.05) is 83.6 Å². The van der Waals surface area contributed by atoms with E-state index in [-0.39, 0.29) is 34.5 Å². The number of rotatable bonds is 4. The summed E-state index contributed by atoms with van der Waals surface area (Å²) in [5, 5.41) is 0. The van der Waals surface area contributed by atoms with Gasteiger partial charge in [0.2, 0.25) is 0 Å². The smallest absolute Gasteiger partial charge is 0.210 e. The van der Waals surface area contributed by atoms with Crippen LogP contribution in [0.25, 0.3) is 0 Å². The van der Waals surface area contributed by atoms with E-state index in [0.29, 0.717) is 11.0 Å². The van der Waals surface area contributed by atoms with E-state index in [1.807, 2.05) is 0 Å². The van der Waals surface area contributed by atoms with Crippen molar-refractivity contribution in [3.63, 3.8) is 0 Å². The molecule has 0 N–H and O–H groups in total. The van der Waals surface area contributed by atoms with Gasteiger partial charge >= 0.3 is 0 Å². The van der Waals surface area contributed by atoms with E-state index >= 15 is 0 Å². The van der Waals surface area contributed by atoms with Gasteiger partial charge in [0.05, 0.1) is 14.7 Å². The van der Waals surface area contributed by atoms with Gasteiger partial charge in [-0.25, -0.2) is 33.7 Å². The number of thiol groups is 2. The molecule has 0 amide bonds. The standard InChI is InChI=1S/C6H5Cl3O6S4.C6H5ClO2S2.Na/c7-17(10,11)4-1-2-6(16,19(9,14)15)5(3-4)18(8,12)13;7-11(8,9)6-3-1-5(10)2-4-6;/h1,3,16H,2H2;1-4,10H;. The molecule has 0 aromatic heterocycles. The van der Waals surface area contributed by atoms with Crippen molar-refractivity contribution in [2.45, 2.75) is 20.3 Å². The van der Waals surface area contributed by atoms with Gasteiger partial charge in [-0.1, -0.05) is 6.08 Å². The molecule has 0 heterocycles. The van der Waals surface area contributed by atoms with Crippen LogP contribution < -0.4 is 0 Å². The normalized spacial score (nSPS) is 19.8. The van der Waals surface area contributed by atoms with Gasteiger partial charge in [0.1, 0.15) is 0 Å². The molecule has 171 valence electrons. The summed E-state index contributed by atoms with van der Waals surface area (Å²) in [7, 11) is 3.41. The summed E-state index contributed by atoms with van der Waals surface area (Å²) in [6.07, 6.45) is 0.781.